The number of aromatic nitrogens is 1. The normalized spacial score (nSPS) is 16.2. The average molecular weight is 725 g/mol. The van der Waals surface area contributed by atoms with Gasteiger partial charge in [0.25, 0.3) is 0 Å². The van der Waals surface area contributed by atoms with Crippen molar-refractivity contribution in [3.8, 4) is 5.75 Å². The molecule has 0 saturated carbocycles. The van der Waals surface area contributed by atoms with Gasteiger partial charge in [0.2, 0.25) is 15.9 Å². The van der Waals surface area contributed by atoms with Gasteiger partial charge >= 0.3 is 6.36 Å². The number of hydrogen-bond acceptors (Lipinski definition) is 6. The highest BCUT2D eigenvalue weighted by Gasteiger charge is 2.34. The molecule has 2 atom stereocenters. The van der Waals surface area contributed by atoms with Crippen LogP contribution in [0, 0.1) is 23.3 Å². The van der Waals surface area contributed by atoms with Gasteiger partial charge in [-0.3, -0.25) is 9.78 Å². The van der Waals surface area contributed by atoms with Crippen molar-refractivity contribution in [3.05, 3.63) is 119 Å². The number of carbonyl (C=O) groups excluding carboxylic acids is 1. The van der Waals surface area contributed by atoms with E-state index in [0.717, 1.165) is 54.7 Å². The van der Waals surface area contributed by atoms with Gasteiger partial charge in [-0.25, -0.2) is 26.0 Å². The van der Waals surface area contributed by atoms with Crippen LogP contribution in [0.1, 0.15) is 41.9 Å². The summed E-state index contributed by atoms with van der Waals surface area (Å²) >= 11 is 0. The summed E-state index contributed by atoms with van der Waals surface area (Å²) in [6.07, 6.45) is -2.47. The van der Waals surface area contributed by atoms with Crippen LogP contribution in [0.3, 0.4) is 0 Å². The first-order valence-electron chi connectivity index (χ1n) is 15.4. The van der Waals surface area contributed by atoms with Crippen LogP contribution in [-0.2, 0) is 21.2 Å². The number of amides is 1. The van der Waals surface area contributed by atoms with Gasteiger partial charge in [-0.15, -0.1) is 13.2 Å². The van der Waals surface area contributed by atoms with Crippen molar-refractivity contribution in [2.45, 2.75) is 48.9 Å². The highest BCUT2D eigenvalue weighted by Crippen LogP contribution is 2.32. The lowest BCUT2D eigenvalue weighted by molar-refractivity contribution is -0.274. The molecule has 0 aliphatic carbocycles. The Morgan fingerprint density at radius 1 is 0.940 bits per heavy atom. The molecule has 1 aliphatic rings. The molecular formula is C34H31F7N4O4S. The molecule has 5 rings (SSSR count). The number of nitrogens with zero attached hydrogens (tertiary/aromatic N) is 2. The number of alkyl halides is 3. The molecule has 266 valence electrons. The lowest BCUT2D eigenvalue weighted by Crippen LogP contribution is -2.53. The van der Waals surface area contributed by atoms with Crippen molar-refractivity contribution in [3.63, 3.8) is 0 Å². The zero-order valence-electron chi connectivity index (χ0n) is 26.2. The Morgan fingerprint density at radius 2 is 1.62 bits per heavy atom. The van der Waals surface area contributed by atoms with E-state index in [1.165, 1.54) is 22.6 Å². The number of sulfonamides is 1. The zero-order valence-corrected chi connectivity index (χ0v) is 27.0. The van der Waals surface area contributed by atoms with E-state index in [0.29, 0.717) is 18.2 Å². The van der Waals surface area contributed by atoms with Gasteiger partial charge in [0.05, 0.1) is 23.0 Å². The minimum atomic E-state index is -4.93. The summed E-state index contributed by atoms with van der Waals surface area (Å²) in [6, 6.07) is 11.2. The molecule has 1 saturated heterocycles. The third kappa shape index (κ3) is 9.37. The number of ether oxygens (including phenoxy) is 1. The number of rotatable bonds is 12. The third-order valence-electron chi connectivity index (χ3n) is 8.15. The first-order chi connectivity index (χ1) is 23.7. The molecule has 0 bridgehead atoms. The first kappa shape index (κ1) is 36.7. The Bertz CT molecular complexity index is 1890. The minimum Gasteiger partial charge on any atom is -0.406 e. The number of halogens is 7. The van der Waals surface area contributed by atoms with E-state index >= 15 is 4.39 Å². The smallest absolute Gasteiger partial charge is 0.406 e. The summed E-state index contributed by atoms with van der Waals surface area (Å²) in [5, 5.41) is 5.74. The first-order valence-corrected chi connectivity index (χ1v) is 16.9. The predicted molar refractivity (Wildman–Crippen MR) is 169 cm³/mol. The highest BCUT2D eigenvalue weighted by atomic mass is 32.2. The lowest BCUT2D eigenvalue weighted by atomic mass is 9.88. The Morgan fingerprint density at radius 3 is 2.28 bits per heavy atom. The standard InChI is InChI=1S/C34H31F7N4O4S/c35-23-6-4-21(5-7-23)30(22-14-24(36)16-25(37)15-22)17-33(46)44-32-20-43-19-31(38)29(32)3-1-2-26-18-42-12-13-45(26)50(47,48)28-10-8-27(9-11-28)49-34(39,40)41/h4-11,14-16,19-20,26,30,42H,1-3,12-13,17-18H2,(H,44,46)/t26-,30-/m0/s1. The van der Waals surface area contributed by atoms with Gasteiger partial charge in [-0.2, -0.15) is 4.31 Å². The van der Waals surface area contributed by atoms with Crippen molar-refractivity contribution in [1.29, 1.82) is 0 Å². The molecule has 8 nitrogen and oxygen atoms in total. The van der Waals surface area contributed by atoms with Gasteiger partial charge < -0.3 is 15.4 Å². The van der Waals surface area contributed by atoms with Gasteiger partial charge in [0.15, 0.2) is 0 Å². The fourth-order valence-electron chi connectivity index (χ4n) is 5.88. The number of anilines is 1. The van der Waals surface area contributed by atoms with E-state index in [1.807, 2.05) is 0 Å². The summed E-state index contributed by atoms with van der Waals surface area (Å²) in [5.41, 5.74) is 0.691. The Labute approximate surface area is 283 Å². The number of hydrogen-bond donors (Lipinski definition) is 2. The summed E-state index contributed by atoms with van der Waals surface area (Å²) < 4.78 is 127. The molecule has 1 aliphatic heterocycles. The van der Waals surface area contributed by atoms with Crippen LogP contribution in [0.4, 0.5) is 36.4 Å². The molecule has 0 spiro atoms. The summed E-state index contributed by atoms with van der Waals surface area (Å²) in [6.45, 7) is 0.687. The van der Waals surface area contributed by atoms with Crippen molar-refractivity contribution >= 4 is 21.6 Å². The molecule has 4 aromatic rings. The van der Waals surface area contributed by atoms with E-state index < -0.39 is 63.3 Å². The van der Waals surface area contributed by atoms with E-state index in [9.17, 15) is 39.6 Å². The highest BCUT2D eigenvalue weighted by molar-refractivity contribution is 7.89. The Hall–Kier alpha value is -4.54. The van der Waals surface area contributed by atoms with Crippen molar-refractivity contribution in [2.75, 3.05) is 25.0 Å². The van der Waals surface area contributed by atoms with Gasteiger partial charge in [-0.05, 0) is 78.9 Å². The molecule has 0 unspecified atom stereocenters. The van der Waals surface area contributed by atoms with Crippen molar-refractivity contribution < 1.29 is 48.7 Å². The second-order valence-electron chi connectivity index (χ2n) is 11.6. The fourth-order valence-corrected chi connectivity index (χ4v) is 7.53. The lowest BCUT2D eigenvalue weighted by Gasteiger charge is -2.35. The maximum absolute atomic E-state index is 15.1. The van der Waals surface area contributed by atoms with E-state index in [2.05, 4.69) is 20.4 Å². The zero-order chi connectivity index (χ0) is 36.1. The van der Waals surface area contributed by atoms with Gasteiger partial charge in [0, 0.05) is 49.6 Å². The summed E-state index contributed by atoms with van der Waals surface area (Å²) in [4.78, 5) is 16.9. The van der Waals surface area contributed by atoms with Crippen LogP contribution in [0.15, 0.2) is 84.0 Å². The van der Waals surface area contributed by atoms with E-state index in [4.69, 9.17) is 0 Å². The molecular weight excluding hydrogens is 693 g/mol. The van der Waals surface area contributed by atoms with Crippen molar-refractivity contribution in [2.24, 2.45) is 0 Å². The van der Waals surface area contributed by atoms with Gasteiger partial charge in [0.1, 0.15) is 29.0 Å². The Balaban J connectivity index is 1.28. The largest absolute Gasteiger partial charge is 0.573 e. The second kappa shape index (κ2) is 15.6. The van der Waals surface area contributed by atoms with Crippen LogP contribution in [-0.4, -0.2) is 55.7 Å². The number of piperazine rings is 1. The maximum Gasteiger partial charge on any atom is 0.573 e. The van der Waals surface area contributed by atoms with Crippen LogP contribution in [0.2, 0.25) is 0 Å². The van der Waals surface area contributed by atoms with Gasteiger partial charge in [-0.1, -0.05) is 12.1 Å². The van der Waals surface area contributed by atoms with Crippen LogP contribution >= 0.6 is 0 Å². The topological polar surface area (TPSA) is 101 Å². The minimum absolute atomic E-state index is 0.0469. The number of benzene rings is 3. The molecule has 0 radical (unpaired) electrons. The molecule has 3 aromatic carbocycles. The Kier molecular flexibility index (Phi) is 11.4. The molecule has 16 heteroatoms. The average Bonchev–Trinajstić information content (AvgIpc) is 3.04. The molecule has 1 amide bonds. The monoisotopic (exact) mass is 724 g/mol. The quantitative estimate of drug-likeness (QED) is 0.158. The van der Waals surface area contributed by atoms with Crippen LogP contribution in [0.25, 0.3) is 0 Å². The van der Waals surface area contributed by atoms with Crippen LogP contribution in [0.5, 0.6) is 5.75 Å². The summed E-state index contributed by atoms with van der Waals surface area (Å²) in [5.74, 6) is -5.09. The predicted octanol–water partition coefficient (Wildman–Crippen LogP) is 6.68. The molecule has 2 N–H and O–H groups in total. The molecule has 2 heterocycles. The second-order valence-corrected chi connectivity index (χ2v) is 13.5. The van der Waals surface area contributed by atoms with Crippen LogP contribution < -0.4 is 15.4 Å². The van der Waals surface area contributed by atoms with E-state index in [-0.39, 0.29) is 60.5 Å². The molecule has 1 aromatic heterocycles. The maximum atomic E-state index is 15.1. The van der Waals surface area contributed by atoms with Crippen molar-refractivity contribution in [1.82, 2.24) is 14.6 Å². The third-order valence-corrected chi connectivity index (χ3v) is 10.1. The number of pyridine rings is 1. The van der Waals surface area contributed by atoms with E-state index in [1.54, 1.807) is 0 Å². The SMILES string of the molecule is O=C(C[C@@H](c1ccc(F)cc1)c1cc(F)cc(F)c1)Nc1cncc(F)c1CCC[C@H]1CNCCN1S(=O)(=O)c1ccc(OC(F)(F)F)cc1. The summed E-state index contributed by atoms with van der Waals surface area (Å²) in [7, 11) is -4.12. The number of nitrogens with one attached hydrogen (secondary N) is 2. The fraction of sp³-hybridized carbons (Fsp3) is 0.294. The molecule has 50 heavy (non-hydrogen) atoms. The number of carbonyl (C=O) groups is 1. The molecule has 1 fully saturated rings.